The summed E-state index contributed by atoms with van der Waals surface area (Å²) >= 11 is 0. The molecule has 3 nitrogen and oxygen atoms in total. The Hall–Kier alpha value is -0.730. The van der Waals surface area contributed by atoms with Gasteiger partial charge in [0.1, 0.15) is 12.7 Å². The fraction of sp³-hybridized carbons (Fsp3) is 0.938. The fourth-order valence-corrected chi connectivity index (χ4v) is 2.62. The van der Waals surface area contributed by atoms with Crippen molar-refractivity contribution in [1.82, 2.24) is 0 Å². The zero-order valence-corrected chi connectivity index (χ0v) is 12.9. The van der Waals surface area contributed by atoms with E-state index in [1.165, 1.54) is 44.9 Å². The van der Waals surface area contributed by atoms with Gasteiger partial charge in [0, 0.05) is 0 Å². The van der Waals surface area contributed by atoms with Gasteiger partial charge in [-0.15, -0.1) is 0 Å². The van der Waals surface area contributed by atoms with Crippen LogP contribution in [0.5, 0.6) is 0 Å². The van der Waals surface area contributed by atoms with Crippen LogP contribution in [0.25, 0.3) is 0 Å². The van der Waals surface area contributed by atoms with Crippen LogP contribution < -0.4 is 0 Å². The highest BCUT2D eigenvalue weighted by molar-refractivity contribution is 5.61. The first-order valence-electron chi connectivity index (χ1n) is 7.87. The standard InChI is InChI=1S/C16H30O3/c1-4-5-11-16(2,3)12-9-7-6-8-10-14-13-18-15(17)19-14/h14H,4-13H2,1-3H3/t14-/m1/s1. The zero-order chi connectivity index (χ0) is 14.1. The highest BCUT2D eigenvalue weighted by Gasteiger charge is 2.24. The quantitative estimate of drug-likeness (QED) is 0.410. The Bertz CT molecular complexity index is 261. The number of unbranched alkanes of at least 4 members (excludes halogenated alkanes) is 4. The molecule has 1 aliphatic heterocycles. The highest BCUT2D eigenvalue weighted by Crippen LogP contribution is 2.30. The lowest BCUT2D eigenvalue weighted by molar-refractivity contribution is 0.115. The van der Waals surface area contributed by atoms with E-state index in [2.05, 4.69) is 20.8 Å². The number of carbonyl (C=O) groups excluding carboxylic acids is 1. The molecule has 0 spiro atoms. The topological polar surface area (TPSA) is 35.5 Å². The lowest BCUT2D eigenvalue weighted by atomic mass is 9.82. The molecule has 112 valence electrons. The van der Waals surface area contributed by atoms with Crippen LogP contribution in [-0.2, 0) is 9.47 Å². The summed E-state index contributed by atoms with van der Waals surface area (Å²) in [5, 5.41) is 0. The second kappa shape index (κ2) is 8.44. The molecule has 0 amide bonds. The summed E-state index contributed by atoms with van der Waals surface area (Å²) in [6.07, 6.45) is 10.8. The third-order valence-electron chi connectivity index (χ3n) is 3.99. The summed E-state index contributed by atoms with van der Waals surface area (Å²) in [6, 6.07) is 0. The molecule has 3 heteroatoms. The monoisotopic (exact) mass is 270 g/mol. The molecular formula is C16H30O3. The molecule has 0 aromatic carbocycles. The third kappa shape index (κ3) is 7.44. The Morgan fingerprint density at radius 2 is 1.79 bits per heavy atom. The van der Waals surface area contributed by atoms with Gasteiger partial charge in [-0.25, -0.2) is 4.79 Å². The summed E-state index contributed by atoms with van der Waals surface area (Å²) in [5.74, 6) is 0. The van der Waals surface area contributed by atoms with E-state index >= 15 is 0 Å². The average molecular weight is 270 g/mol. The lowest BCUT2D eigenvalue weighted by Crippen LogP contribution is -2.11. The predicted molar refractivity (Wildman–Crippen MR) is 77.2 cm³/mol. The molecule has 1 saturated heterocycles. The van der Waals surface area contributed by atoms with E-state index in [0.29, 0.717) is 12.0 Å². The van der Waals surface area contributed by atoms with Crippen LogP contribution in [0.2, 0.25) is 0 Å². The summed E-state index contributed by atoms with van der Waals surface area (Å²) < 4.78 is 9.77. The zero-order valence-electron chi connectivity index (χ0n) is 12.9. The minimum Gasteiger partial charge on any atom is -0.430 e. The van der Waals surface area contributed by atoms with Crippen molar-refractivity contribution >= 4 is 6.16 Å². The summed E-state index contributed by atoms with van der Waals surface area (Å²) in [7, 11) is 0. The molecule has 0 N–H and O–H groups in total. The van der Waals surface area contributed by atoms with Crippen molar-refractivity contribution in [3.05, 3.63) is 0 Å². The van der Waals surface area contributed by atoms with Gasteiger partial charge in [-0.05, 0) is 31.1 Å². The van der Waals surface area contributed by atoms with Crippen molar-refractivity contribution in [2.45, 2.75) is 84.7 Å². The van der Waals surface area contributed by atoms with Gasteiger partial charge in [0.05, 0.1) is 0 Å². The van der Waals surface area contributed by atoms with Crippen molar-refractivity contribution in [2.75, 3.05) is 6.61 Å². The van der Waals surface area contributed by atoms with Crippen LogP contribution in [0.15, 0.2) is 0 Å². The first kappa shape index (κ1) is 16.3. The highest BCUT2D eigenvalue weighted by atomic mass is 16.8. The van der Waals surface area contributed by atoms with Crippen molar-refractivity contribution in [3.8, 4) is 0 Å². The van der Waals surface area contributed by atoms with E-state index in [1.54, 1.807) is 0 Å². The largest absolute Gasteiger partial charge is 0.508 e. The van der Waals surface area contributed by atoms with E-state index in [4.69, 9.17) is 9.47 Å². The fourth-order valence-electron chi connectivity index (χ4n) is 2.62. The van der Waals surface area contributed by atoms with Crippen LogP contribution in [0.1, 0.15) is 78.6 Å². The van der Waals surface area contributed by atoms with Gasteiger partial charge in [0.2, 0.25) is 0 Å². The van der Waals surface area contributed by atoms with Gasteiger partial charge in [-0.1, -0.05) is 52.9 Å². The van der Waals surface area contributed by atoms with E-state index < -0.39 is 6.16 Å². The minimum absolute atomic E-state index is 0.00787. The number of cyclic esters (lactones) is 2. The van der Waals surface area contributed by atoms with Crippen LogP contribution in [-0.4, -0.2) is 18.9 Å². The lowest BCUT2D eigenvalue weighted by Gasteiger charge is -2.24. The summed E-state index contributed by atoms with van der Waals surface area (Å²) in [5.41, 5.74) is 0.505. The third-order valence-corrected chi connectivity index (χ3v) is 3.99. The van der Waals surface area contributed by atoms with Gasteiger partial charge in [0.15, 0.2) is 0 Å². The first-order valence-corrected chi connectivity index (χ1v) is 7.87. The number of hydrogen-bond acceptors (Lipinski definition) is 3. The molecule has 1 aliphatic rings. The maximum Gasteiger partial charge on any atom is 0.508 e. The molecule has 19 heavy (non-hydrogen) atoms. The molecule has 0 aromatic heterocycles. The van der Waals surface area contributed by atoms with Gasteiger partial charge >= 0.3 is 6.16 Å². The Balaban J connectivity index is 1.94. The smallest absolute Gasteiger partial charge is 0.430 e. The van der Waals surface area contributed by atoms with Crippen LogP contribution in [0.4, 0.5) is 4.79 Å². The Morgan fingerprint density at radius 1 is 1.11 bits per heavy atom. The SMILES string of the molecule is CCCCC(C)(C)CCCCCC[C@@H]1COC(=O)O1. The molecule has 0 unspecified atom stereocenters. The van der Waals surface area contributed by atoms with Gasteiger partial charge < -0.3 is 9.47 Å². The molecule has 1 atom stereocenters. The molecule has 0 aromatic rings. The van der Waals surface area contributed by atoms with E-state index in [9.17, 15) is 4.79 Å². The second-order valence-electron chi connectivity index (χ2n) is 6.52. The van der Waals surface area contributed by atoms with Crippen LogP contribution >= 0.6 is 0 Å². The van der Waals surface area contributed by atoms with Crippen molar-refractivity contribution in [1.29, 1.82) is 0 Å². The molecule has 1 rings (SSSR count). The molecule has 0 bridgehead atoms. The molecule has 0 saturated carbocycles. The van der Waals surface area contributed by atoms with Crippen molar-refractivity contribution < 1.29 is 14.3 Å². The molecule has 1 fully saturated rings. The van der Waals surface area contributed by atoms with Crippen LogP contribution in [0.3, 0.4) is 0 Å². The van der Waals surface area contributed by atoms with Gasteiger partial charge in [0.25, 0.3) is 0 Å². The van der Waals surface area contributed by atoms with Gasteiger partial charge in [-0.2, -0.15) is 0 Å². The second-order valence-corrected chi connectivity index (χ2v) is 6.52. The van der Waals surface area contributed by atoms with Crippen molar-refractivity contribution in [2.24, 2.45) is 5.41 Å². The predicted octanol–water partition coefficient (Wildman–Crippen LogP) is 5.08. The Kier molecular flexibility index (Phi) is 7.25. The summed E-state index contributed by atoms with van der Waals surface area (Å²) in [6.45, 7) is 7.48. The molecule has 0 radical (unpaired) electrons. The van der Waals surface area contributed by atoms with E-state index in [-0.39, 0.29) is 6.10 Å². The van der Waals surface area contributed by atoms with Crippen LogP contribution in [0, 0.1) is 5.41 Å². The van der Waals surface area contributed by atoms with Crippen molar-refractivity contribution in [3.63, 3.8) is 0 Å². The van der Waals surface area contributed by atoms with E-state index in [1.807, 2.05) is 0 Å². The Labute approximate surface area is 118 Å². The normalized spacial score (nSPS) is 19.3. The minimum atomic E-state index is -0.498. The molecule has 0 aliphatic carbocycles. The number of ether oxygens (including phenoxy) is 2. The average Bonchev–Trinajstić information content (AvgIpc) is 2.77. The van der Waals surface area contributed by atoms with E-state index in [0.717, 1.165) is 12.8 Å². The maximum absolute atomic E-state index is 10.7. The first-order chi connectivity index (χ1) is 9.03. The van der Waals surface area contributed by atoms with Gasteiger partial charge in [-0.3, -0.25) is 0 Å². The Morgan fingerprint density at radius 3 is 2.42 bits per heavy atom. The summed E-state index contributed by atoms with van der Waals surface area (Å²) in [4.78, 5) is 10.7. The molecule has 1 heterocycles. The number of rotatable bonds is 10. The number of carbonyl (C=O) groups is 1. The molecular weight excluding hydrogens is 240 g/mol. The maximum atomic E-state index is 10.7. The number of hydrogen-bond donors (Lipinski definition) is 0.